The molecule has 0 fully saturated rings. The van der Waals surface area contributed by atoms with Crippen molar-refractivity contribution in [3.8, 4) is 5.75 Å². The number of nitrogens with one attached hydrogen (secondary N) is 2. The molecule has 4 aromatic rings. The highest BCUT2D eigenvalue weighted by atomic mass is 19.4. The van der Waals surface area contributed by atoms with Gasteiger partial charge >= 0.3 is 24.8 Å². The van der Waals surface area contributed by atoms with Crippen molar-refractivity contribution in [3.63, 3.8) is 0 Å². The number of ether oxygens (including phenoxy) is 1. The molecule has 0 saturated carbocycles. The van der Waals surface area contributed by atoms with E-state index < -0.39 is 89.1 Å². The van der Waals surface area contributed by atoms with Crippen molar-refractivity contribution in [2.45, 2.75) is 37.2 Å². The van der Waals surface area contributed by atoms with Crippen molar-refractivity contribution < 1.29 is 63.3 Å². The summed E-state index contributed by atoms with van der Waals surface area (Å²) in [6.07, 6.45) is -16.8. The molecule has 4 rings (SSSR count). The highest BCUT2D eigenvalue weighted by molar-refractivity contribution is 5.95. The van der Waals surface area contributed by atoms with Crippen LogP contribution in [0, 0.1) is 17.5 Å². The summed E-state index contributed by atoms with van der Waals surface area (Å²) >= 11 is 0. The van der Waals surface area contributed by atoms with E-state index in [-0.39, 0.29) is 17.2 Å². The number of rotatable bonds is 11. The first-order valence-electron chi connectivity index (χ1n) is 13.6. The monoisotopic (exact) mass is 688 g/mol. The second kappa shape index (κ2) is 13.8. The number of hydrogen-bond acceptors (Lipinski definition) is 3. The third kappa shape index (κ3) is 8.16. The summed E-state index contributed by atoms with van der Waals surface area (Å²) in [4.78, 5) is 24.9. The molecule has 1 unspecified atom stereocenters. The number of halogens is 10. The number of amides is 2. The molecule has 254 valence electrons. The number of carboxylic acid groups (broad SMARTS) is 1. The van der Waals surface area contributed by atoms with Crippen LogP contribution >= 0.6 is 0 Å². The lowest BCUT2D eigenvalue weighted by atomic mass is 9.77. The van der Waals surface area contributed by atoms with Gasteiger partial charge in [-0.05, 0) is 59.2 Å². The van der Waals surface area contributed by atoms with Gasteiger partial charge in [0.1, 0.15) is 23.2 Å². The van der Waals surface area contributed by atoms with E-state index in [4.69, 9.17) is 5.11 Å². The van der Waals surface area contributed by atoms with Crippen LogP contribution in [-0.2, 0) is 24.7 Å². The molecule has 0 heterocycles. The van der Waals surface area contributed by atoms with Crippen LogP contribution in [0.15, 0.2) is 84.9 Å². The van der Waals surface area contributed by atoms with Gasteiger partial charge in [0.15, 0.2) is 0 Å². The summed E-state index contributed by atoms with van der Waals surface area (Å²) in [6, 6.07) is 13.4. The number of hydrogen-bond donors (Lipinski definition) is 3. The lowest BCUT2D eigenvalue weighted by Crippen LogP contribution is -2.49. The van der Waals surface area contributed by atoms with Crippen LogP contribution in [0.2, 0.25) is 0 Å². The summed E-state index contributed by atoms with van der Waals surface area (Å²) in [6.45, 7) is -0.657. The van der Waals surface area contributed by atoms with Gasteiger partial charge in [-0.2, -0.15) is 30.7 Å². The molecule has 0 aliphatic heterocycles. The van der Waals surface area contributed by atoms with E-state index in [0.717, 1.165) is 18.2 Å². The third-order valence-corrected chi connectivity index (χ3v) is 7.01. The van der Waals surface area contributed by atoms with Crippen LogP contribution in [0.25, 0.3) is 0 Å². The van der Waals surface area contributed by atoms with Gasteiger partial charge in [0.2, 0.25) is 0 Å². The molecular formula is C32H22F10N2O4. The molecule has 16 heteroatoms. The Labute approximate surface area is 265 Å². The van der Waals surface area contributed by atoms with E-state index in [1.165, 1.54) is 24.3 Å². The first-order chi connectivity index (χ1) is 22.4. The average Bonchev–Trinajstić information content (AvgIpc) is 2.99. The van der Waals surface area contributed by atoms with E-state index >= 15 is 4.39 Å². The Kier molecular flexibility index (Phi) is 10.3. The van der Waals surface area contributed by atoms with Gasteiger partial charge < -0.3 is 20.5 Å². The van der Waals surface area contributed by atoms with Crippen LogP contribution in [0.1, 0.15) is 38.2 Å². The zero-order chi connectivity index (χ0) is 35.4. The zero-order valence-electron chi connectivity index (χ0n) is 24.0. The molecule has 0 saturated heterocycles. The summed E-state index contributed by atoms with van der Waals surface area (Å²) in [5.74, 6) is -6.54. The molecule has 0 aliphatic rings. The second-order valence-electron chi connectivity index (χ2n) is 10.3. The molecule has 6 nitrogen and oxygen atoms in total. The van der Waals surface area contributed by atoms with Gasteiger partial charge in [0, 0.05) is 30.2 Å². The van der Waals surface area contributed by atoms with Gasteiger partial charge in [-0.3, -0.25) is 4.79 Å². The van der Waals surface area contributed by atoms with Crippen LogP contribution in [0.4, 0.5) is 48.7 Å². The maximum absolute atomic E-state index is 15.1. The van der Waals surface area contributed by atoms with Gasteiger partial charge in [-0.1, -0.05) is 36.4 Å². The Morgan fingerprint density at radius 2 is 1.46 bits per heavy atom. The van der Waals surface area contributed by atoms with Crippen molar-refractivity contribution in [2.75, 3.05) is 0 Å². The summed E-state index contributed by atoms with van der Waals surface area (Å²) in [7, 11) is 0. The molecule has 0 aromatic heterocycles. The SMILES string of the molecule is O=C(O)NCc1cc(C(Cc2ccccc2)(NC(=O)c2ccc(F)c(C(F)(F)F)c2)c2cc(F)cc(OC(F)(F)C(F)F)c2)ccc1F. The molecule has 1 atom stereocenters. The van der Waals surface area contributed by atoms with Gasteiger partial charge in [0.25, 0.3) is 5.91 Å². The van der Waals surface area contributed by atoms with Crippen molar-refractivity contribution in [3.05, 3.63) is 136 Å². The number of alkyl halides is 7. The molecule has 48 heavy (non-hydrogen) atoms. The fourth-order valence-corrected chi connectivity index (χ4v) is 4.83. The van der Waals surface area contributed by atoms with E-state index in [1.54, 1.807) is 6.07 Å². The van der Waals surface area contributed by atoms with Gasteiger partial charge in [-0.15, -0.1) is 0 Å². The first-order valence-corrected chi connectivity index (χ1v) is 13.6. The molecule has 0 bridgehead atoms. The van der Waals surface area contributed by atoms with E-state index in [0.29, 0.717) is 35.9 Å². The standard InChI is InChI=1S/C32H22F10N2O4/c33-22-12-21(13-23(14-22)48-32(41,42)28(36)37)30(15-17-4-2-1-3-5-17,20-7-9-25(34)19(10-20)16-43-29(46)47)44-27(45)18-6-8-26(35)24(11-18)31(38,39)40/h1-14,28,43H,15-16H2,(H,44,45)(H,46,47). The quantitative estimate of drug-likeness (QED) is 0.139. The minimum Gasteiger partial charge on any atom is -0.465 e. The maximum atomic E-state index is 15.1. The number of benzene rings is 4. The minimum atomic E-state index is -5.24. The van der Waals surface area contributed by atoms with Gasteiger partial charge in [0.05, 0.1) is 11.1 Å². The van der Waals surface area contributed by atoms with Crippen molar-refractivity contribution in [1.82, 2.24) is 10.6 Å². The van der Waals surface area contributed by atoms with Crippen LogP contribution in [0.3, 0.4) is 0 Å². The fourth-order valence-electron chi connectivity index (χ4n) is 4.83. The van der Waals surface area contributed by atoms with Gasteiger partial charge in [-0.25, -0.2) is 18.0 Å². The van der Waals surface area contributed by atoms with Crippen LogP contribution in [0.5, 0.6) is 5.75 Å². The summed E-state index contributed by atoms with van der Waals surface area (Å²) in [5, 5.41) is 13.4. The topological polar surface area (TPSA) is 87.7 Å². The first kappa shape index (κ1) is 35.6. The van der Waals surface area contributed by atoms with Crippen molar-refractivity contribution >= 4 is 12.0 Å². The molecule has 0 spiro atoms. The summed E-state index contributed by atoms with van der Waals surface area (Å²) < 4.78 is 142. The second-order valence-corrected chi connectivity index (χ2v) is 10.3. The van der Waals surface area contributed by atoms with Crippen molar-refractivity contribution in [1.29, 1.82) is 0 Å². The maximum Gasteiger partial charge on any atom is 0.461 e. The molecule has 2 amide bonds. The molecule has 3 N–H and O–H groups in total. The molecule has 4 aromatic carbocycles. The minimum absolute atomic E-state index is 0.189. The Balaban J connectivity index is 2.02. The van der Waals surface area contributed by atoms with Crippen LogP contribution in [-0.4, -0.2) is 29.6 Å². The fraction of sp³-hybridized carbons (Fsp3) is 0.188. The van der Waals surface area contributed by atoms with E-state index in [1.807, 2.05) is 5.32 Å². The molecular weight excluding hydrogens is 666 g/mol. The van der Waals surface area contributed by atoms with E-state index in [2.05, 4.69) is 10.1 Å². The normalized spacial score (nSPS) is 13.1. The smallest absolute Gasteiger partial charge is 0.461 e. The van der Waals surface area contributed by atoms with Crippen molar-refractivity contribution in [2.24, 2.45) is 0 Å². The third-order valence-electron chi connectivity index (χ3n) is 7.01. The number of carbonyl (C=O) groups is 2. The Bertz CT molecular complexity index is 1800. The lowest BCUT2D eigenvalue weighted by molar-refractivity contribution is -0.253. The number of carbonyl (C=O) groups excluding carboxylic acids is 1. The Hall–Kier alpha value is -5.28. The average molecular weight is 689 g/mol. The predicted octanol–water partition coefficient (Wildman–Crippen LogP) is 8.04. The largest absolute Gasteiger partial charge is 0.465 e. The highest BCUT2D eigenvalue weighted by Crippen LogP contribution is 2.39. The predicted molar refractivity (Wildman–Crippen MR) is 149 cm³/mol. The summed E-state index contributed by atoms with van der Waals surface area (Å²) in [5.41, 5.74) is -5.58. The van der Waals surface area contributed by atoms with E-state index in [9.17, 15) is 49.1 Å². The zero-order valence-corrected chi connectivity index (χ0v) is 24.0. The highest BCUT2D eigenvalue weighted by Gasteiger charge is 2.45. The van der Waals surface area contributed by atoms with Crippen LogP contribution < -0.4 is 15.4 Å². The Morgan fingerprint density at radius 1 is 0.792 bits per heavy atom. The lowest BCUT2D eigenvalue weighted by Gasteiger charge is -2.37. The Morgan fingerprint density at radius 3 is 2.08 bits per heavy atom. The molecule has 0 aliphatic carbocycles. The molecule has 0 radical (unpaired) electrons.